The molecule has 18 heavy (non-hydrogen) atoms. The monoisotopic (exact) mass is 250 g/mol. The number of hydrogen-bond donors (Lipinski definition) is 0. The fraction of sp³-hybridized carbons (Fsp3) is 0.812. The van der Waals surface area contributed by atoms with Crippen molar-refractivity contribution in [3.8, 4) is 0 Å². The van der Waals surface area contributed by atoms with E-state index in [-0.39, 0.29) is 11.6 Å². The molecular formula is C16H26O2. The summed E-state index contributed by atoms with van der Waals surface area (Å²) in [4.78, 5) is 11.9. The van der Waals surface area contributed by atoms with E-state index in [1.807, 2.05) is 0 Å². The highest BCUT2D eigenvalue weighted by Gasteiger charge is 2.50. The normalized spacial score (nSPS) is 35.0. The standard InChI is InChI=1S/C16H26O2/c1-4-10-16(18-15(17)12(2)3)11-9-13-7-5-6-8-14(13)16/h13-14H,2,4-11H2,1,3H3. The number of fused-ring (bicyclic) bond motifs is 1. The molecule has 2 fully saturated rings. The minimum atomic E-state index is -0.185. The minimum Gasteiger partial charge on any atom is -0.455 e. The van der Waals surface area contributed by atoms with Crippen molar-refractivity contribution >= 4 is 5.97 Å². The maximum atomic E-state index is 11.9. The summed E-state index contributed by atoms with van der Waals surface area (Å²) in [5, 5.41) is 0. The first-order valence-corrected chi connectivity index (χ1v) is 7.48. The lowest BCUT2D eigenvalue weighted by Gasteiger charge is -2.39. The summed E-state index contributed by atoms with van der Waals surface area (Å²) in [6.07, 6.45) is 9.66. The van der Waals surface area contributed by atoms with Crippen molar-refractivity contribution in [2.24, 2.45) is 11.8 Å². The van der Waals surface area contributed by atoms with Crippen molar-refractivity contribution in [2.45, 2.75) is 70.8 Å². The second kappa shape index (κ2) is 5.46. The Morgan fingerprint density at radius 3 is 2.72 bits per heavy atom. The highest BCUT2D eigenvalue weighted by atomic mass is 16.6. The van der Waals surface area contributed by atoms with Gasteiger partial charge in [0, 0.05) is 11.5 Å². The first kappa shape index (κ1) is 13.6. The van der Waals surface area contributed by atoms with Gasteiger partial charge >= 0.3 is 5.97 Å². The largest absolute Gasteiger partial charge is 0.455 e. The van der Waals surface area contributed by atoms with Gasteiger partial charge in [0.2, 0.25) is 0 Å². The van der Waals surface area contributed by atoms with Crippen LogP contribution in [-0.2, 0) is 9.53 Å². The maximum absolute atomic E-state index is 11.9. The first-order valence-electron chi connectivity index (χ1n) is 7.48. The van der Waals surface area contributed by atoms with Gasteiger partial charge in [0.1, 0.15) is 5.60 Å². The molecule has 2 rings (SSSR count). The van der Waals surface area contributed by atoms with Crippen LogP contribution in [0.3, 0.4) is 0 Å². The molecule has 2 saturated carbocycles. The Morgan fingerprint density at radius 1 is 1.33 bits per heavy atom. The summed E-state index contributed by atoms with van der Waals surface area (Å²) in [5.41, 5.74) is 0.361. The van der Waals surface area contributed by atoms with Crippen molar-refractivity contribution in [3.05, 3.63) is 12.2 Å². The molecule has 0 spiro atoms. The molecule has 2 heteroatoms. The zero-order valence-electron chi connectivity index (χ0n) is 11.8. The van der Waals surface area contributed by atoms with Gasteiger partial charge in [-0.15, -0.1) is 0 Å². The molecule has 2 aliphatic carbocycles. The zero-order valence-corrected chi connectivity index (χ0v) is 11.8. The van der Waals surface area contributed by atoms with E-state index in [9.17, 15) is 4.79 Å². The summed E-state index contributed by atoms with van der Waals surface area (Å²) in [6.45, 7) is 7.65. The van der Waals surface area contributed by atoms with Crippen LogP contribution in [-0.4, -0.2) is 11.6 Å². The zero-order chi connectivity index (χ0) is 13.2. The summed E-state index contributed by atoms with van der Waals surface area (Å²) in [5.74, 6) is 1.22. The van der Waals surface area contributed by atoms with Gasteiger partial charge in [-0.2, -0.15) is 0 Å². The van der Waals surface area contributed by atoms with Crippen molar-refractivity contribution in [1.82, 2.24) is 0 Å². The topological polar surface area (TPSA) is 26.3 Å². The molecule has 2 aliphatic rings. The molecule has 0 saturated heterocycles. The molecule has 0 amide bonds. The molecule has 0 heterocycles. The van der Waals surface area contributed by atoms with Crippen LogP contribution in [0, 0.1) is 11.8 Å². The van der Waals surface area contributed by atoms with E-state index < -0.39 is 0 Å². The predicted octanol–water partition coefficient (Wildman–Crippen LogP) is 4.24. The molecule has 0 aromatic heterocycles. The average Bonchev–Trinajstić information content (AvgIpc) is 2.69. The average molecular weight is 250 g/mol. The maximum Gasteiger partial charge on any atom is 0.333 e. The Morgan fingerprint density at radius 2 is 2.06 bits per heavy atom. The third-order valence-corrected chi connectivity index (χ3v) is 4.84. The van der Waals surface area contributed by atoms with E-state index in [0.717, 1.165) is 25.2 Å². The summed E-state index contributed by atoms with van der Waals surface area (Å²) in [7, 11) is 0. The highest BCUT2D eigenvalue weighted by molar-refractivity contribution is 5.87. The summed E-state index contributed by atoms with van der Waals surface area (Å²) >= 11 is 0. The molecule has 3 atom stereocenters. The van der Waals surface area contributed by atoms with Crippen molar-refractivity contribution in [3.63, 3.8) is 0 Å². The van der Waals surface area contributed by atoms with E-state index in [4.69, 9.17) is 4.74 Å². The highest BCUT2D eigenvalue weighted by Crippen LogP contribution is 2.52. The van der Waals surface area contributed by atoms with Crippen LogP contribution in [0.2, 0.25) is 0 Å². The van der Waals surface area contributed by atoms with Crippen LogP contribution in [0.25, 0.3) is 0 Å². The Hall–Kier alpha value is -0.790. The fourth-order valence-corrected chi connectivity index (χ4v) is 4.04. The molecule has 0 radical (unpaired) electrons. The van der Waals surface area contributed by atoms with Crippen molar-refractivity contribution in [1.29, 1.82) is 0 Å². The second-order valence-corrected chi connectivity index (χ2v) is 6.17. The van der Waals surface area contributed by atoms with E-state index in [1.165, 1.54) is 32.1 Å². The third kappa shape index (κ3) is 2.48. The molecule has 0 aromatic rings. The van der Waals surface area contributed by atoms with Crippen molar-refractivity contribution < 1.29 is 9.53 Å². The lowest BCUT2D eigenvalue weighted by Crippen LogP contribution is -2.41. The van der Waals surface area contributed by atoms with E-state index in [0.29, 0.717) is 11.5 Å². The van der Waals surface area contributed by atoms with Crippen LogP contribution in [0.5, 0.6) is 0 Å². The molecule has 2 nitrogen and oxygen atoms in total. The second-order valence-electron chi connectivity index (χ2n) is 6.17. The van der Waals surface area contributed by atoms with Crippen LogP contribution in [0.15, 0.2) is 12.2 Å². The first-order chi connectivity index (χ1) is 8.59. The molecule has 0 aliphatic heterocycles. The van der Waals surface area contributed by atoms with E-state index >= 15 is 0 Å². The SMILES string of the molecule is C=C(C)C(=O)OC1(CCC)CCC2CCCCC21. The van der Waals surface area contributed by atoms with E-state index in [1.54, 1.807) is 6.92 Å². The molecule has 0 N–H and O–H groups in total. The number of rotatable bonds is 4. The van der Waals surface area contributed by atoms with Gasteiger partial charge in [0.15, 0.2) is 0 Å². The van der Waals surface area contributed by atoms with Gasteiger partial charge in [-0.05, 0) is 38.5 Å². The van der Waals surface area contributed by atoms with Gasteiger partial charge in [0.25, 0.3) is 0 Å². The van der Waals surface area contributed by atoms with Crippen LogP contribution >= 0.6 is 0 Å². The minimum absolute atomic E-state index is 0.171. The third-order valence-electron chi connectivity index (χ3n) is 4.84. The number of carbonyl (C=O) groups excluding carboxylic acids is 1. The summed E-state index contributed by atoms with van der Waals surface area (Å²) in [6, 6.07) is 0. The number of hydrogen-bond acceptors (Lipinski definition) is 2. The molecule has 3 unspecified atom stereocenters. The Labute approximate surface area is 111 Å². The van der Waals surface area contributed by atoms with Crippen LogP contribution < -0.4 is 0 Å². The smallest absolute Gasteiger partial charge is 0.333 e. The van der Waals surface area contributed by atoms with E-state index in [2.05, 4.69) is 13.5 Å². The number of esters is 1. The van der Waals surface area contributed by atoms with Crippen LogP contribution in [0.4, 0.5) is 0 Å². The Balaban J connectivity index is 2.15. The predicted molar refractivity (Wildman–Crippen MR) is 73.2 cm³/mol. The summed E-state index contributed by atoms with van der Waals surface area (Å²) < 4.78 is 5.93. The molecule has 102 valence electrons. The molecule has 0 aromatic carbocycles. The number of ether oxygens (including phenoxy) is 1. The fourth-order valence-electron chi connectivity index (χ4n) is 4.04. The quantitative estimate of drug-likeness (QED) is 0.551. The van der Waals surface area contributed by atoms with Crippen molar-refractivity contribution in [2.75, 3.05) is 0 Å². The number of carbonyl (C=O) groups is 1. The Bertz CT molecular complexity index is 334. The lowest BCUT2D eigenvalue weighted by molar-refractivity contribution is -0.162. The lowest BCUT2D eigenvalue weighted by atomic mass is 9.74. The van der Waals surface area contributed by atoms with Gasteiger partial charge in [-0.1, -0.05) is 39.2 Å². The Kier molecular flexibility index (Phi) is 4.14. The molecular weight excluding hydrogens is 224 g/mol. The van der Waals surface area contributed by atoms with Gasteiger partial charge < -0.3 is 4.74 Å². The van der Waals surface area contributed by atoms with Gasteiger partial charge in [-0.25, -0.2) is 4.79 Å². The van der Waals surface area contributed by atoms with Gasteiger partial charge in [0.05, 0.1) is 0 Å². The van der Waals surface area contributed by atoms with Gasteiger partial charge in [-0.3, -0.25) is 0 Å². The molecule has 0 bridgehead atoms. The van der Waals surface area contributed by atoms with Crippen LogP contribution in [0.1, 0.15) is 65.2 Å².